The predicted octanol–water partition coefficient (Wildman–Crippen LogP) is 3.28. The number of rotatable bonds is 3. The number of benzene rings is 2. The Morgan fingerprint density at radius 2 is 1.90 bits per heavy atom. The van der Waals surface area contributed by atoms with Crippen LogP contribution in [-0.2, 0) is 11.2 Å². The molecule has 1 N–H and O–H groups in total. The maximum Gasteiger partial charge on any atom is 0.169 e. The Balaban J connectivity index is 1.83. The smallest absolute Gasteiger partial charge is 0.169 e. The number of aromatic hydroxyl groups is 1. The zero-order chi connectivity index (χ0) is 13.9. The lowest BCUT2D eigenvalue weighted by molar-refractivity contribution is 0.0351. The van der Waals surface area contributed by atoms with E-state index in [1.807, 2.05) is 18.2 Å². The van der Waals surface area contributed by atoms with Gasteiger partial charge in [0.1, 0.15) is 5.75 Å². The van der Waals surface area contributed by atoms with E-state index in [9.17, 15) is 9.90 Å². The number of phenolic OH excluding ortho intramolecular Hbond substituents is 1. The number of phenols is 1. The van der Waals surface area contributed by atoms with Gasteiger partial charge in [-0.1, -0.05) is 36.4 Å². The van der Waals surface area contributed by atoms with E-state index in [2.05, 4.69) is 6.07 Å². The lowest BCUT2D eigenvalue weighted by atomic mass is 9.93. The van der Waals surface area contributed by atoms with Crippen LogP contribution in [0.15, 0.2) is 48.5 Å². The van der Waals surface area contributed by atoms with Crippen LogP contribution in [0.25, 0.3) is 0 Å². The lowest BCUT2D eigenvalue weighted by Crippen LogP contribution is -2.19. The third-order valence-electron chi connectivity index (χ3n) is 3.67. The summed E-state index contributed by atoms with van der Waals surface area (Å²) in [5.74, 6) is -0.0635. The second-order valence-corrected chi connectivity index (χ2v) is 4.95. The summed E-state index contributed by atoms with van der Waals surface area (Å²) in [4.78, 5) is 12.3. The van der Waals surface area contributed by atoms with E-state index in [-0.39, 0.29) is 24.1 Å². The topological polar surface area (TPSA) is 46.5 Å². The summed E-state index contributed by atoms with van der Waals surface area (Å²) in [5, 5.41) is 9.74. The van der Waals surface area contributed by atoms with Crippen LogP contribution in [-0.4, -0.2) is 17.5 Å². The standard InChI is InChI=1S/C17H16O3/c18-15-8-4-3-7-14(15)16(19)11-17-13-6-2-1-5-12(13)9-10-20-17/h1-8,17-18H,9-11H2. The number of fused-ring (bicyclic) bond motifs is 1. The number of hydrogen-bond donors (Lipinski definition) is 1. The highest BCUT2D eigenvalue weighted by molar-refractivity contribution is 5.98. The first-order valence-corrected chi connectivity index (χ1v) is 6.76. The molecule has 3 rings (SSSR count). The van der Waals surface area contributed by atoms with Crippen molar-refractivity contribution in [3.8, 4) is 5.75 Å². The number of para-hydroxylation sites is 1. The van der Waals surface area contributed by atoms with Gasteiger partial charge in [0.2, 0.25) is 0 Å². The van der Waals surface area contributed by atoms with Crippen molar-refractivity contribution in [2.24, 2.45) is 0 Å². The van der Waals surface area contributed by atoms with Gasteiger partial charge in [0.05, 0.1) is 18.3 Å². The molecule has 0 fully saturated rings. The van der Waals surface area contributed by atoms with Gasteiger partial charge in [-0.3, -0.25) is 4.79 Å². The molecular formula is C17H16O3. The summed E-state index contributed by atoms with van der Waals surface area (Å²) in [7, 11) is 0. The van der Waals surface area contributed by atoms with Crippen molar-refractivity contribution < 1.29 is 14.6 Å². The molecule has 0 bridgehead atoms. The Labute approximate surface area is 117 Å². The van der Waals surface area contributed by atoms with E-state index in [4.69, 9.17) is 4.74 Å². The number of ether oxygens (including phenoxy) is 1. The highest BCUT2D eigenvalue weighted by Gasteiger charge is 2.24. The molecule has 0 spiro atoms. The van der Waals surface area contributed by atoms with Crippen LogP contribution in [0, 0.1) is 0 Å². The minimum atomic E-state index is -0.216. The fourth-order valence-electron chi connectivity index (χ4n) is 2.63. The number of carbonyl (C=O) groups excluding carboxylic acids is 1. The first-order valence-electron chi connectivity index (χ1n) is 6.76. The van der Waals surface area contributed by atoms with Gasteiger partial charge >= 0.3 is 0 Å². The van der Waals surface area contributed by atoms with Crippen molar-refractivity contribution in [2.75, 3.05) is 6.61 Å². The van der Waals surface area contributed by atoms with Gasteiger partial charge in [0, 0.05) is 6.42 Å². The molecule has 2 aromatic rings. The third-order valence-corrected chi connectivity index (χ3v) is 3.67. The van der Waals surface area contributed by atoms with Gasteiger partial charge in [0.25, 0.3) is 0 Å². The molecule has 3 nitrogen and oxygen atoms in total. The fraction of sp³-hybridized carbons (Fsp3) is 0.235. The molecule has 0 aromatic heterocycles. The molecule has 1 aliphatic heterocycles. The maximum absolute atomic E-state index is 12.3. The van der Waals surface area contributed by atoms with Crippen LogP contribution < -0.4 is 0 Å². The van der Waals surface area contributed by atoms with Gasteiger partial charge in [-0.25, -0.2) is 0 Å². The molecule has 0 amide bonds. The maximum atomic E-state index is 12.3. The van der Waals surface area contributed by atoms with Crippen molar-refractivity contribution in [1.82, 2.24) is 0 Å². The SMILES string of the molecule is O=C(CC1OCCc2ccccc21)c1ccccc1O. The van der Waals surface area contributed by atoms with Gasteiger partial charge < -0.3 is 9.84 Å². The molecular weight excluding hydrogens is 252 g/mol. The van der Waals surface area contributed by atoms with Crippen molar-refractivity contribution >= 4 is 5.78 Å². The zero-order valence-electron chi connectivity index (χ0n) is 11.1. The van der Waals surface area contributed by atoms with Gasteiger partial charge in [-0.05, 0) is 29.7 Å². The molecule has 0 saturated heterocycles. The van der Waals surface area contributed by atoms with Crippen LogP contribution in [0.4, 0.5) is 0 Å². The van der Waals surface area contributed by atoms with E-state index in [1.54, 1.807) is 18.2 Å². The molecule has 0 aliphatic carbocycles. The Morgan fingerprint density at radius 3 is 2.75 bits per heavy atom. The zero-order valence-corrected chi connectivity index (χ0v) is 11.1. The molecule has 0 radical (unpaired) electrons. The van der Waals surface area contributed by atoms with Crippen molar-refractivity contribution in [2.45, 2.75) is 18.9 Å². The van der Waals surface area contributed by atoms with E-state index in [1.165, 1.54) is 11.6 Å². The Bertz CT molecular complexity index is 634. The fourth-order valence-corrected chi connectivity index (χ4v) is 2.63. The first kappa shape index (κ1) is 12.9. The summed E-state index contributed by atoms with van der Waals surface area (Å²) in [5.41, 5.74) is 2.69. The molecule has 20 heavy (non-hydrogen) atoms. The van der Waals surface area contributed by atoms with Gasteiger partial charge in [-0.2, -0.15) is 0 Å². The number of hydrogen-bond acceptors (Lipinski definition) is 3. The molecule has 1 atom stereocenters. The quantitative estimate of drug-likeness (QED) is 0.869. The van der Waals surface area contributed by atoms with Crippen molar-refractivity contribution in [3.63, 3.8) is 0 Å². The number of ketones is 1. The molecule has 1 unspecified atom stereocenters. The summed E-state index contributed by atoms with van der Waals surface area (Å²) in [6.07, 6.45) is 0.929. The van der Waals surface area contributed by atoms with Gasteiger partial charge in [0.15, 0.2) is 5.78 Å². The minimum Gasteiger partial charge on any atom is -0.507 e. The van der Waals surface area contributed by atoms with Crippen LogP contribution in [0.3, 0.4) is 0 Å². The normalized spacial score (nSPS) is 17.5. The lowest BCUT2D eigenvalue weighted by Gasteiger charge is -2.25. The summed E-state index contributed by atoms with van der Waals surface area (Å²) < 4.78 is 5.73. The second kappa shape index (κ2) is 5.47. The molecule has 102 valence electrons. The second-order valence-electron chi connectivity index (χ2n) is 4.95. The largest absolute Gasteiger partial charge is 0.507 e. The summed E-state index contributed by atoms with van der Waals surface area (Å²) in [6.45, 7) is 0.635. The average molecular weight is 268 g/mol. The van der Waals surface area contributed by atoms with Gasteiger partial charge in [-0.15, -0.1) is 0 Å². The van der Waals surface area contributed by atoms with E-state index >= 15 is 0 Å². The van der Waals surface area contributed by atoms with Crippen LogP contribution in [0.5, 0.6) is 5.75 Å². The highest BCUT2D eigenvalue weighted by Crippen LogP contribution is 2.31. The van der Waals surface area contributed by atoms with E-state index in [0.29, 0.717) is 12.2 Å². The predicted molar refractivity (Wildman–Crippen MR) is 75.9 cm³/mol. The monoisotopic (exact) mass is 268 g/mol. The highest BCUT2D eigenvalue weighted by atomic mass is 16.5. The minimum absolute atomic E-state index is 0.0293. The van der Waals surface area contributed by atoms with Crippen LogP contribution in [0.1, 0.15) is 34.0 Å². The third kappa shape index (κ3) is 2.45. The number of carbonyl (C=O) groups is 1. The Morgan fingerprint density at radius 1 is 1.15 bits per heavy atom. The summed E-state index contributed by atoms with van der Waals surface area (Å²) in [6, 6.07) is 14.7. The van der Waals surface area contributed by atoms with Crippen molar-refractivity contribution in [3.05, 3.63) is 65.2 Å². The van der Waals surface area contributed by atoms with Crippen LogP contribution >= 0.6 is 0 Å². The first-order chi connectivity index (χ1) is 9.75. The molecule has 1 aliphatic rings. The van der Waals surface area contributed by atoms with Crippen LogP contribution in [0.2, 0.25) is 0 Å². The number of Topliss-reactive ketones (excluding diaryl/α,β-unsaturated/α-hetero) is 1. The Kier molecular flexibility index (Phi) is 3.52. The summed E-state index contributed by atoms with van der Waals surface area (Å²) >= 11 is 0. The van der Waals surface area contributed by atoms with Crippen molar-refractivity contribution in [1.29, 1.82) is 0 Å². The molecule has 1 heterocycles. The molecule has 3 heteroatoms. The molecule has 0 saturated carbocycles. The van der Waals surface area contributed by atoms with E-state index in [0.717, 1.165) is 12.0 Å². The average Bonchev–Trinajstić information content (AvgIpc) is 2.48. The van der Waals surface area contributed by atoms with E-state index < -0.39 is 0 Å². The Hall–Kier alpha value is -2.13. The molecule has 2 aromatic carbocycles.